The zero-order chi connectivity index (χ0) is 14.9. The molecule has 0 saturated carbocycles. The van der Waals surface area contributed by atoms with Gasteiger partial charge < -0.3 is 10.5 Å². The van der Waals surface area contributed by atoms with Gasteiger partial charge in [-0.1, -0.05) is 23.8 Å². The maximum Gasteiger partial charge on any atom is 0.229 e. The molecular formula is C15H15ClN2OS. The summed E-state index contributed by atoms with van der Waals surface area (Å²) in [5.74, 6) is 1.08. The maximum absolute atomic E-state index is 6.15. The summed E-state index contributed by atoms with van der Waals surface area (Å²) in [6.45, 7) is 5.75. The maximum atomic E-state index is 6.15. The topological polar surface area (TPSA) is 48.1 Å². The van der Waals surface area contributed by atoms with E-state index >= 15 is 0 Å². The SMILES string of the molecule is Cc1ccc(C(N)=S)c(Oc2cc(C)c(Cl)c(C)c2)n1. The Morgan fingerprint density at radius 3 is 2.35 bits per heavy atom. The number of ether oxygens (including phenoxy) is 1. The van der Waals surface area contributed by atoms with Crippen molar-refractivity contribution in [2.45, 2.75) is 20.8 Å². The first kappa shape index (κ1) is 14.8. The first-order valence-corrected chi connectivity index (χ1v) is 6.89. The summed E-state index contributed by atoms with van der Waals surface area (Å²) in [4.78, 5) is 4.61. The van der Waals surface area contributed by atoms with Gasteiger partial charge in [0.15, 0.2) is 0 Å². The summed E-state index contributed by atoms with van der Waals surface area (Å²) in [6.07, 6.45) is 0. The standard InChI is InChI=1S/C15H15ClN2OS/c1-8-6-11(7-9(2)13(8)16)19-15-12(14(17)20)5-4-10(3)18-15/h4-7H,1-3H3,(H2,17,20). The normalized spacial score (nSPS) is 10.4. The van der Waals surface area contributed by atoms with Gasteiger partial charge in [0.2, 0.25) is 5.88 Å². The molecule has 3 nitrogen and oxygen atoms in total. The van der Waals surface area contributed by atoms with Crippen LogP contribution in [0.4, 0.5) is 0 Å². The molecule has 1 aromatic heterocycles. The summed E-state index contributed by atoms with van der Waals surface area (Å²) in [6, 6.07) is 7.39. The molecule has 0 radical (unpaired) electrons. The number of rotatable bonds is 3. The average molecular weight is 307 g/mol. The molecule has 1 heterocycles. The Hall–Kier alpha value is -1.65. The number of nitrogens with two attached hydrogens (primary N) is 1. The second-order valence-corrected chi connectivity index (χ2v) is 5.46. The number of thiocarbonyl (C=S) groups is 1. The molecular weight excluding hydrogens is 292 g/mol. The average Bonchev–Trinajstić information content (AvgIpc) is 2.35. The van der Waals surface area contributed by atoms with E-state index in [0.717, 1.165) is 21.8 Å². The highest BCUT2D eigenvalue weighted by atomic mass is 35.5. The summed E-state index contributed by atoms with van der Waals surface area (Å²) < 4.78 is 5.83. The summed E-state index contributed by atoms with van der Waals surface area (Å²) >= 11 is 11.2. The summed E-state index contributed by atoms with van der Waals surface area (Å²) in [7, 11) is 0. The van der Waals surface area contributed by atoms with Crippen molar-refractivity contribution in [1.29, 1.82) is 0 Å². The Bertz CT molecular complexity index is 663. The summed E-state index contributed by atoms with van der Waals surface area (Å²) in [5, 5.41) is 0.740. The van der Waals surface area contributed by atoms with Gasteiger partial charge in [-0.25, -0.2) is 4.98 Å². The Balaban J connectivity index is 2.44. The van der Waals surface area contributed by atoms with Crippen molar-refractivity contribution >= 4 is 28.8 Å². The van der Waals surface area contributed by atoms with Gasteiger partial charge in [0.25, 0.3) is 0 Å². The lowest BCUT2D eigenvalue weighted by molar-refractivity contribution is 0.460. The van der Waals surface area contributed by atoms with Gasteiger partial charge >= 0.3 is 0 Å². The van der Waals surface area contributed by atoms with E-state index in [0.29, 0.717) is 17.2 Å². The quantitative estimate of drug-likeness (QED) is 0.868. The summed E-state index contributed by atoms with van der Waals surface area (Å²) in [5.41, 5.74) is 9.05. The predicted molar refractivity (Wildman–Crippen MR) is 85.9 cm³/mol. The molecule has 2 rings (SSSR count). The molecule has 0 unspecified atom stereocenters. The third kappa shape index (κ3) is 3.08. The fourth-order valence-electron chi connectivity index (χ4n) is 1.87. The predicted octanol–water partition coefficient (Wildman–Crippen LogP) is 4.09. The van der Waals surface area contributed by atoms with Crippen LogP contribution in [-0.2, 0) is 0 Å². The molecule has 2 aromatic rings. The molecule has 0 aliphatic heterocycles. The van der Waals surface area contributed by atoms with Crippen LogP contribution in [0, 0.1) is 20.8 Å². The molecule has 20 heavy (non-hydrogen) atoms. The van der Waals surface area contributed by atoms with Gasteiger partial charge in [0, 0.05) is 10.7 Å². The third-order valence-corrected chi connectivity index (χ3v) is 3.71. The number of hydrogen-bond donors (Lipinski definition) is 1. The molecule has 0 amide bonds. The van der Waals surface area contributed by atoms with Crippen molar-refractivity contribution < 1.29 is 4.74 Å². The molecule has 0 fully saturated rings. The van der Waals surface area contributed by atoms with Crippen LogP contribution >= 0.6 is 23.8 Å². The van der Waals surface area contributed by atoms with E-state index in [1.165, 1.54) is 0 Å². The van der Waals surface area contributed by atoms with Crippen LogP contribution in [0.2, 0.25) is 5.02 Å². The molecule has 0 bridgehead atoms. The van der Waals surface area contributed by atoms with Crippen molar-refractivity contribution in [3.8, 4) is 11.6 Å². The van der Waals surface area contributed by atoms with Crippen LogP contribution in [0.5, 0.6) is 11.6 Å². The van der Waals surface area contributed by atoms with Gasteiger partial charge in [0.05, 0.1) is 5.56 Å². The van der Waals surface area contributed by atoms with E-state index in [2.05, 4.69) is 4.98 Å². The fourth-order valence-corrected chi connectivity index (χ4v) is 2.14. The number of benzene rings is 1. The Morgan fingerprint density at radius 1 is 1.20 bits per heavy atom. The largest absolute Gasteiger partial charge is 0.438 e. The number of aromatic nitrogens is 1. The number of pyridine rings is 1. The lowest BCUT2D eigenvalue weighted by atomic mass is 10.1. The van der Waals surface area contributed by atoms with Crippen molar-refractivity contribution in [2.75, 3.05) is 0 Å². The van der Waals surface area contributed by atoms with E-state index in [1.807, 2.05) is 45.0 Å². The number of halogens is 1. The van der Waals surface area contributed by atoms with Crippen LogP contribution in [-0.4, -0.2) is 9.97 Å². The van der Waals surface area contributed by atoms with Crippen LogP contribution in [0.3, 0.4) is 0 Å². The third-order valence-electron chi connectivity index (χ3n) is 2.89. The van der Waals surface area contributed by atoms with Crippen molar-refractivity contribution in [1.82, 2.24) is 4.98 Å². The minimum atomic E-state index is 0.259. The molecule has 1 aromatic carbocycles. The molecule has 5 heteroatoms. The highest BCUT2D eigenvalue weighted by Gasteiger charge is 2.11. The van der Waals surface area contributed by atoms with Gasteiger partial charge in [-0.15, -0.1) is 0 Å². The highest BCUT2D eigenvalue weighted by Crippen LogP contribution is 2.30. The van der Waals surface area contributed by atoms with E-state index in [9.17, 15) is 0 Å². The molecule has 0 spiro atoms. The van der Waals surface area contributed by atoms with Gasteiger partial charge in [0.1, 0.15) is 10.7 Å². The molecule has 2 N–H and O–H groups in total. The highest BCUT2D eigenvalue weighted by molar-refractivity contribution is 7.80. The van der Waals surface area contributed by atoms with Crippen LogP contribution in [0.15, 0.2) is 24.3 Å². The Morgan fingerprint density at radius 2 is 1.80 bits per heavy atom. The van der Waals surface area contributed by atoms with Crippen molar-refractivity contribution in [2.24, 2.45) is 5.73 Å². The zero-order valence-electron chi connectivity index (χ0n) is 11.5. The van der Waals surface area contributed by atoms with Crippen molar-refractivity contribution in [3.05, 3.63) is 51.7 Å². The lowest BCUT2D eigenvalue weighted by Gasteiger charge is -2.12. The van der Waals surface area contributed by atoms with Crippen LogP contribution in [0.1, 0.15) is 22.4 Å². The van der Waals surface area contributed by atoms with E-state index < -0.39 is 0 Å². The monoisotopic (exact) mass is 306 g/mol. The Labute approximate surface area is 128 Å². The smallest absolute Gasteiger partial charge is 0.229 e. The van der Waals surface area contributed by atoms with E-state index in [4.69, 9.17) is 34.3 Å². The molecule has 104 valence electrons. The van der Waals surface area contributed by atoms with E-state index in [1.54, 1.807) is 0 Å². The van der Waals surface area contributed by atoms with Crippen LogP contribution < -0.4 is 10.5 Å². The molecule has 0 atom stereocenters. The van der Waals surface area contributed by atoms with Gasteiger partial charge in [-0.2, -0.15) is 0 Å². The lowest BCUT2D eigenvalue weighted by Crippen LogP contribution is -2.12. The molecule has 0 aliphatic rings. The fraction of sp³-hybridized carbons (Fsp3) is 0.200. The second kappa shape index (κ2) is 5.77. The Kier molecular flexibility index (Phi) is 4.26. The number of hydrogen-bond acceptors (Lipinski definition) is 3. The molecule has 0 aliphatic carbocycles. The minimum absolute atomic E-state index is 0.259. The van der Waals surface area contributed by atoms with E-state index in [-0.39, 0.29) is 4.99 Å². The first-order valence-electron chi connectivity index (χ1n) is 6.10. The van der Waals surface area contributed by atoms with Crippen LogP contribution in [0.25, 0.3) is 0 Å². The van der Waals surface area contributed by atoms with Crippen molar-refractivity contribution in [3.63, 3.8) is 0 Å². The number of aryl methyl sites for hydroxylation is 3. The zero-order valence-corrected chi connectivity index (χ0v) is 13.1. The molecule has 0 saturated heterocycles. The first-order chi connectivity index (χ1) is 9.38. The second-order valence-electron chi connectivity index (χ2n) is 4.64. The van der Waals surface area contributed by atoms with Gasteiger partial charge in [-0.3, -0.25) is 0 Å². The number of nitrogens with zero attached hydrogens (tertiary/aromatic N) is 1. The minimum Gasteiger partial charge on any atom is -0.438 e. The van der Waals surface area contributed by atoms with Gasteiger partial charge in [-0.05, 0) is 56.2 Å².